The molecular weight excluding hydrogens is 459 g/mol. The third kappa shape index (κ3) is 5.79. The molecule has 140 valence electrons. The van der Waals surface area contributed by atoms with Gasteiger partial charge < -0.3 is 9.15 Å². The van der Waals surface area contributed by atoms with Gasteiger partial charge in [0.15, 0.2) is 6.61 Å². The molecule has 0 spiro atoms. The highest BCUT2D eigenvalue weighted by molar-refractivity contribution is 9.10. The first-order valence-electron chi connectivity index (χ1n) is 7.77. The number of rotatable bonds is 7. The molecule has 0 fully saturated rings. The predicted molar refractivity (Wildman–Crippen MR) is 105 cm³/mol. The molecule has 9 heteroatoms. The highest BCUT2D eigenvalue weighted by atomic mass is 79.9. The zero-order chi connectivity index (χ0) is 19.2. The summed E-state index contributed by atoms with van der Waals surface area (Å²) in [5, 5.41) is 8.30. The molecule has 3 rings (SSSR count). The number of esters is 1. The average molecular weight is 472 g/mol. The minimum atomic E-state index is -0.444. The van der Waals surface area contributed by atoms with Crippen LogP contribution in [-0.4, -0.2) is 21.9 Å². The Morgan fingerprint density at radius 2 is 2.11 bits per heavy atom. The first-order chi connectivity index (χ1) is 13.0. The van der Waals surface area contributed by atoms with Crippen molar-refractivity contribution in [2.45, 2.75) is 12.4 Å². The third-order valence-electron chi connectivity index (χ3n) is 3.39. The van der Waals surface area contributed by atoms with Crippen LogP contribution in [0.2, 0.25) is 5.02 Å². The maximum absolute atomic E-state index is 13.7. The van der Waals surface area contributed by atoms with Crippen molar-refractivity contribution in [2.24, 2.45) is 0 Å². The normalized spacial score (nSPS) is 10.8. The summed E-state index contributed by atoms with van der Waals surface area (Å²) >= 11 is 10.4. The Morgan fingerprint density at radius 1 is 1.26 bits per heavy atom. The molecule has 0 N–H and O–H groups in total. The van der Waals surface area contributed by atoms with E-state index in [1.807, 2.05) is 0 Å². The number of nitrogens with zero attached hydrogens (tertiary/aromatic N) is 2. The molecule has 0 saturated heterocycles. The van der Waals surface area contributed by atoms with E-state index in [9.17, 15) is 9.18 Å². The van der Waals surface area contributed by atoms with Gasteiger partial charge in [0, 0.05) is 20.8 Å². The number of halogens is 3. The smallest absolute Gasteiger partial charge is 0.316 e. The number of carbonyl (C=O) groups excluding carboxylic acids is 1. The van der Waals surface area contributed by atoms with Gasteiger partial charge in [-0.15, -0.1) is 22.0 Å². The molecule has 0 saturated carbocycles. The van der Waals surface area contributed by atoms with Crippen molar-refractivity contribution >= 4 is 45.3 Å². The topological polar surface area (TPSA) is 65.2 Å². The van der Waals surface area contributed by atoms with E-state index in [1.165, 1.54) is 17.8 Å². The van der Waals surface area contributed by atoms with E-state index < -0.39 is 5.97 Å². The monoisotopic (exact) mass is 470 g/mol. The average Bonchev–Trinajstić information content (AvgIpc) is 3.11. The van der Waals surface area contributed by atoms with Crippen LogP contribution in [-0.2, 0) is 21.9 Å². The number of hydrogen-bond acceptors (Lipinski definition) is 6. The summed E-state index contributed by atoms with van der Waals surface area (Å²) in [5.74, 6) is 0.175. The fourth-order valence-electron chi connectivity index (χ4n) is 2.12. The van der Waals surface area contributed by atoms with E-state index in [2.05, 4.69) is 26.1 Å². The molecule has 0 aliphatic heterocycles. The second-order valence-corrected chi connectivity index (χ2v) is 7.74. The van der Waals surface area contributed by atoms with Crippen LogP contribution in [0.4, 0.5) is 4.39 Å². The van der Waals surface area contributed by atoms with Crippen molar-refractivity contribution in [3.05, 3.63) is 69.2 Å². The maximum atomic E-state index is 13.7. The lowest BCUT2D eigenvalue weighted by Crippen LogP contribution is -2.07. The van der Waals surface area contributed by atoms with Crippen molar-refractivity contribution in [3.63, 3.8) is 0 Å². The largest absolute Gasteiger partial charge is 0.455 e. The van der Waals surface area contributed by atoms with Crippen molar-refractivity contribution in [2.75, 3.05) is 5.75 Å². The summed E-state index contributed by atoms with van der Waals surface area (Å²) in [6, 6.07) is 11.8. The molecule has 5 nitrogen and oxygen atoms in total. The fourth-order valence-corrected chi connectivity index (χ4v) is 3.45. The molecule has 27 heavy (non-hydrogen) atoms. The molecule has 1 aromatic heterocycles. The molecule has 0 amide bonds. The second-order valence-electron chi connectivity index (χ2n) is 5.40. The molecule has 3 aromatic rings. The van der Waals surface area contributed by atoms with Gasteiger partial charge >= 0.3 is 5.97 Å². The van der Waals surface area contributed by atoms with E-state index in [-0.39, 0.29) is 24.1 Å². The Labute approximate surface area is 172 Å². The first-order valence-corrected chi connectivity index (χ1v) is 10.1. The van der Waals surface area contributed by atoms with Gasteiger partial charge in [-0.3, -0.25) is 4.79 Å². The number of hydrogen-bond donors (Lipinski definition) is 0. The fraction of sp³-hybridized carbons (Fsp3) is 0.167. The van der Waals surface area contributed by atoms with Gasteiger partial charge in [0.1, 0.15) is 5.82 Å². The molecule has 0 aliphatic carbocycles. The van der Waals surface area contributed by atoms with E-state index in [0.29, 0.717) is 32.3 Å². The molecule has 0 bridgehead atoms. The summed E-state index contributed by atoms with van der Waals surface area (Å²) in [5.41, 5.74) is 1.21. The van der Waals surface area contributed by atoms with Crippen LogP contribution in [0, 0.1) is 5.82 Å². The third-order valence-corrected chi connectivity index (χ3v) is 5.07. The molecule has 1 heterocycles. The van der Waals surface area contributed by atoms with Crippen LogP contribution < -0.4 is 0 Å². The lowest BCUT2D eigenvalue weighted by Gasteiger charge is -2.04. The van der Waals surface area contributed by atoms with Crippen LogP contribution in [0.25, 0.3) is 11.5 Å². The summed E-state index contributed by atoms with van der Waals surface area (Å²) in [4.78, 5) is 11.8. The van der Waals surface area contributed by atoms with Gasteiger partial charge in [0.25, 0.3) is 5.89 Å². The van der Waals surface area contributed by atoms with Crippen molar-refractivity contribution in [1.82, 2.24) is 10.2 Å². The van der Waals surface area contributed by atoms with Gasteiger partial charge in [0.2, 0.25) is 5.89 Å². The maximum Gasteiger partial charge on any atom is 0.316 e. The van der Waals surface area contributed by atoms with Gasteiger partial charge in [-0.05, 0) is 35.9 Å². The first kappa shape index (κ1) is 19.9. The van der Waals surface area contributed by atoms with Crippen LogP contribution >= 0.6 is 39.3 Å². The molecule has 0 atom stereocenters. The Kier molecular flexibility index (Phi) is 6.87. The Hall–Kier alpha value is -1.90. The van der Waals surface area contributed by atoms with E-state index >= 15 is 0 Å². The highest BCUT2D eigenvalue weighted by Gasteiger charge is 2.12. The summed E-state index contributed by atoms with van der Waals surface area (Å²) in [6.07, 6.45) is 0. The van der Waals surface area contributed by atoms with Crippen LogP contribution in [0.5, 0.6) is 0 Å². The van der Waals surface area contributed by atoms with Gasteiger partial charge in [-0.1, -0.05) is 39.7 Å². The van der Waals surface area contributed by atoms with Gasteiger partial charge in [0.05, 0.1) is 5.75 Å². The van der Waals surface area contributed by atoms with Crippen molar-refractivity contribution in [3.8, 4) is 11.5 Å². The van der Waals surface area contributed by atoms with Crippen LogP contribution in [0.3, 0.4) is 0 Å². The molecule has 2 aromatic carbocycles. The zero-order valence-corrected chi connectivity index (χ0v) is 17.0. The van der Waals surface area contributed by atoms with Gasteiger partial charge in [-0.2, -0.15) is 0 Å². The molecule has 0 aliphatic rings. The second kappa shape index (κ2) is 9.34. The Bertz CT molecular complexity index is 954. The molecule has 0 unspecified atom stereocenters. The quantitative estimate of drug-likeness (QED) is 0.438. The Balaban J connectivity index is 1.45. The molecule has 0 radical (unpaired) electrons. The number of ether oxygens (including phenoxy) is 1. The van der Waals surface area contributed by atoms with Crippen LogP contribution in [0.15, 0.2) is 51.4 Å². The Morgan fingerprint density at radius 3 is 2.89 bits per heavy atom. The minimum Gasteiger partial charge on any atom is -0.455 e. The number of thioether (sulfide) groups is 1. The summed E-state index contributed by atoms with van der Waals surface area (Å²) in [7, 11) is 0. The lowest BCUT2D eigenvalue weighted by molar-refractivity contribution is -0.142. The number of benzene rings is 2. The van der Waals surface area contributed by atoms with E-state index in [4.69, 9.17) is 20.8 Å². The summed E-state index contributed by atoms with van der Waals surface area (Å²) < 4.78 is 24.9. The lowest BCUT2D eigenvalue weighted by atomic mass is 10.2. The molecular formula is C18H13BrClFN2O3S. The SMILES string of the molecule is O=C(CSCc1ccc(Br)cc1F)OCc1nnc(-c2cccc(Cl)c2)o1. The highest BCUT2D eigenvalue weighted by Crippen LogP contribution is 2.22. The number of aromatic nitrogens is 2. The summed E-state index contributed by atoms with van der Waals surface area (Å²) in [6.45, 7) is -0.125. The van der Waals surface area contributed by atoms with Gasteiger partial charge in [-0.25, -0.2) is 4.39 Å². The standard InChI is InChI=1S/C18H13BrClFN2O3S/c19-13-5-4-12(15(21)7-13)9-27-10-17(24)25-8-16-22-23-18(26-16)11-2-1-3-14(20)6-11/h1-7H,8-10H2. The van der Waals surface area contributed by atoms with Crippen molar-refractivity contribution < 1.29 is 18.3 Å². The van der Waals surface area contributed by atoms with E-state index in [1.54, 1.807) is 36.4 Å². The van der Waals surface area contributed by atoms with Crippen molar-refractivity contribution in [1.29, 1.82) is 0 Å². The zero-order valence-electron chi connectivity index (χ0n) is 13.8. The minimum absolute atomic E-state index is 0.0881. The van der Waals surface area contributed by atoms with E-state index in [0.717, 1.165) is 0 Å². The van der Waals surface area contributed by atoms with Crippen LogP contribution in [0.1, 0.15) is 11.5 Å². The predicted octanol–water partition coefficient (Wildman–Crippen LogP) is 5.27. The number of carbonyl (C=O) groups is 1.